The van der Waals surface area contributed by atoms with Crippen molar-refractivity contribution in [3.8, 4) is 0 Å². The van der Waals surface area contributed by atoms with Gasteiger partial charge in [0.1, 0.15) is 0 Å². The number of hydrogen-bond acceptors (Lipinski definition) is 3. The highest BCUT2D eigenvalue weighted by Gasteiger charge is 2.16. The first kappa shape index (κ1) is 18.2. The summed E-state index contributed by atoms with van der Waals surface area (Å²) >= 11 is 6.02. The van der Waals surface area contributed by atoms with E-state index in [4.69, 9.17) is 16.3 Å². The molecule has 1 saturated heterocycles. The van der Waals surface area contributed by atoms with E-state index in [1.54, 1.807) is 36.4 Å². The molecule has 2 N–H and O–H groups in total. The Morgan fingerprint density at radius 1 is 1.00 bits per heavy atom. The summed E-state index contributed by atoms with van der Waals surface area (Å²) in [6.45, 7) is 2.46. The Kier molecular flexibility index (Phi) is 6.09. The number of morpholine rings is 1. The Hall–Kier alpha value is -2.57. The number of benzene rings is 2. The molecule has 0 unspecified atom stereocenters. The molecule has 0 bridgehead atoms. The maximum Gasteiger partial charge on any atom is 0.323 e. The number of anilines is 2. The van der Waals surface area contributed by atoms with Crippen LogP contribution in [0.2, 0.25) is 5.02 Å². The Morgan fingerprint density at radius 3 is 2.38 bits per heavy atom. The molecule has 26 heavy (non-hydrogen) atoms. The van der Waals surface area contributed by atoms with Crippen molar-refractivity contribution in [1.82, 2.24) is 4.90 Å². The molecule has 0 aliphatic carbocycles. The number of amides is 3. The van der Waals surface area contributed by atoms with Crippen LogP contribution in [-0.2, 0) is 16.0 Å². The molecule has 0 radical (unpaired) electrons. The molecule has 1 aliphatic heterocycles. The smallest absolute Gasteiger partial charge is 0.323 e. The molecular formula is C19H20ClN3O3. The molecule has 1 heterocycles. The number of rotatable bonds is 4. The van der Waals surface area contributed by atoms with Gasteiger partial charge < -0.3 is 20.3 Å². The summed E-state index contributed by atoms with van der Waals surface area (Å²) in [5, 5.41) is 5.91. The zero-order valence-corrected chi connectivity index (χ0v) is 15.0. The summed E-state index contributed by atoms with van der Waals surface area (Å²) in [5.74, 6) is 0.0884. The van der Waals surface area contributed by atoms with Crippen molar-refractivity contribution < 1.29 is 14.3 Å². The van der Waals surface area contributed by atoms with Crippen LogP contribution in [0.4, 0.5) is 16.2 Å². The molecule has 0 atom stereocenters. The lowest BCUT2D eigenvalue weighted by molar-refractivity contribution is -0.134. The third kappa shape index (κ3) is 4.97. The first-order chi connectivity index (χ1) is 12.6. The second kappa shape index (κ2) is 8.69. The number of urea groups is 1. The van der Waals surface area contributed by atoms with Gasteiger partial charge in [0.05, 0.1) is 30.3 Å². The lowest BCUT2D eigenvalue weighted by Crippen LogP contribution is -2.41. The zero-order valence-electron chi connectivity index (χ0n) is 14.2. The van der Waals surface area contributed by atoms with Crippen LogP contribution >= 0.6 is 11.6 Å². The van der Waals surface area contributed by atoms with Gasteiger partial charge in [0, 0.05) is 18.8 Å². The molecule has 0 saturated carbocycles. The summed E-state index contributed by atoms with van der Waals surface area (Å²) in [6.07, 6.45) is 0.339. The average molecular weight is 374 g/mol. The van der Waals surface area contributed by atoms with Crippen molar-refractivity contribution in [3.63, 3.8) is 0 Å². The van der Waals surface area contributed by atoms with E-state index in [0.717, 1.165) is 5.56 Å². The first-order valence-electron chi connectivity index (χ1n) is 8.39. The van der Waals surface area contributed by atoms with Crippen LogP contribution in [0.25, 0.3) is 0 Å². The number of carbonyl (C=O) groups excluding carboxylic acids is 2. The molecule has 1 fully saturated rings. The Morgan fingerprint density at radius 2 is 1.69 bits per heavy atom. The quantitative estimate of drug-likeness (QED) is 0.863. The largest absolute Gasteiger partial charge is 0.378 e. The van der Waals surface area contributed by atoms with E-state index in [9.17, 15) is 9.59 Å². The summed E-state index contributed by atoms with van der Waals surface area (Å²) < 4.78 is 5.25. The number of halogens is 1. The van der Waals surface area contributed by atoms with Gasteiger partial charge in [-0.2, -0.15) is 0 Å². The van der Waals surface area contributed by atoms with Gasteiger partial charge >= 0.3 is 6.03 Å². The Balaban J connectivity index is 1.53. The van der Waals surface area contributed by atoms with Gasteiger partial charge in [0.15, 0.2) is 0 Å². The second-order valence-electron chi connectivity index (χ2n) is 5.93. The predicted molar refractivity (Wildman–Crippen MR) is 102 cm³/mol. The van der Waals surface area contributed by atoms with Crippen LogP contribution in [0.5, 0.6) is 0 Å². The Bertz CT molecular complexity index is 774. The van der Waals surface area contributed by atoms with Crippen molar-refractivity contribution in [2.45, 2.75) is 6.42 Å². The lowest BCUT2D eigenvalue weighted by Gasteiger charge is -2.26. The molecule has 1 aliphatic rings. The highest BCUT2D eigenvalue weighted by Crippen LogP contribution is 2.20. The summed E-state index contributed by atoms with van der Waals surface area (Å²) in [7, 11) is 0. The second-order valence-corrected chi connectivity index (χ2v) is 6.33. The number of hydrogen-bond donors (Lipinski definition) is 2. The van der Waals surface area contributed by atoms with Crippen molar-refractivity contribution in [1.29, 1.82) is 0 Å². The average Bonchev–Trinajstić information content (AvgIpc) is 2.66. The molecule has 0 aromatic heterocycles. The normalized spacial score (nSPS) is 14.0. The highest BCUT2D eigenvalue weighted by atomic mass is 35.5. The molecular weight excluding hydrogens is 354 g/mol. The number of carbonyl (C=O) groups is 2. The van der Waals surface area contributed by atoms with Gasteiger partial charge in [-0.05, 0) is 29.8 Å². The fraction of sp³-hybridized carbons (Fsp3) is 0.263. The molecule has 2 aromatic carbocycles. The number of nitrogens with zero attached hydrogens (tertiary/aromatic N) is 1. The minimum absolute atomic E-state index is 0.0884. The van der Waals surface area contributed by atoms with E-state index in [1.807, 2.05) is 17.0 Å². The molecule has 0 spiro atoms. The maximum atomic E-state index is 12.2. The topological polar surface area (TPSA) is 70.7 Å². The lowest BCUT2D eigenvalue weighted by atomic mass is 10.1. The minimum atomic E-state index is -0.379. The Labute approximate surface area is 157 Å². The van der Waals surface area contributed by atoms with Gasteiger partial charge in [-0.15, -0.1) is 0 Å². The van der Waals surface area contributed by atoms with E-state index >= 15 is 0 Å². The standard InChI is InChI=1S/C19H20ClN3O3/c20-16-3-1-2-4-17(16)22-19(25)21-15-7-5-14(6-8-15)13-18(24)23-9-11-26-12-10-23/h1-8H,9-13H2,(H2,21,22,25). The minimum Gasteiger partial charge on any atom is -0.378 e. The van der Waals surface area contributed by atoms with Crippen LogP contribution < -0.4 is 10.6 Å². The van der Waals surface area contributed by atoms with Gasteiger partial charge in [-0.3, -0.25) is 4.79 Å². The zero-order chi connectivity index (χ0) is 18.4. The van der Waals surface area contributed by atoms with Crippen molar-refractivity contribution in [2.24, 2.45) is 0 Å². The fourth-order valence-electron chi connectivity index (χ4n) is 2.65. The highest BCUT2D eigenvalue weighted by molar-refractivity contribution is 6.33. The third-order valence-corrected chi connectivity index (χ3v) is 4.38. The van der Waals surface area contributed by atoms with Crippen molar-refractivity contribution >= 4 is 34.9 Å². The van der Waals surface area contributed by atoms with E-state index in [0.29, 0.717) is 49.1 Å². The van der Waals surface area contributed by atoms with E-state index in [2.05, 4.69) is 10.6 Å². The third-order valence-electron chi connectivity index (χ3n) is 4.05. The molecule has 6 nitrogen and oxygen atoms in total. The van der Waals surface area contributed by atoms with E-state index < -0.39 is 0 Å². The van der Waals surface area contributed by atoms with Gasteiger partial charge in [-0.25, -0.2) is 4.79 Å². The summed E-state index contributed by atoms with van der Waals surface area (Å²) in [4.78, 5) is 26.1. The molecule has 3 rings (SSSR count). The van der Waals surface area contributed by atoms with Crippen LogP contribution in [0.15, 0.2) is 48.5 Å². The van der Waals surface area contributed by atoms with Gasteiger partial charge in [0.2, 0.25) is 5.91 Å². The summed E-state index contributed by atoms with van der Waals surface area (Å²) in [6, 6.07) is 13.9. The van der Waals surface area contributed by atoms with Crippen molar-refractivity contribution in [2.75, 3.05) is 36.9 Å². The van der Waals surface area contributed by atoms with Crippen LogP contribution in [0.1, 0.15) is 5.56 Å². The molecule has 7 heteroatoms. The fourth-order valence-corrected chi connectivity index (χ4v) is 2.84. The maximum absolute atomic E-state index is 12.2. The molecule has 136 valence electrons. The monoisotopic (exact) mass is 373 g/mol. The van der Waals surface area contributed by atoms with E-state index in [1.165, 1.54) is 0 Å². The summed E-state index contributed by atoms with van der Waals surface area (Å²) in [5.41, 5.74) is 2.08. The number of para-hydroxylation sites is 1. The first-order valence-corrected chi connectivity index (χ1v) is 8.76. The van der Waals surface area contributed by atoms with Crippen molar-refractivity contribution in [3.05, 3.63) is 59.1 Å². The SMILES string of the molecule is O=C(Nc1ccc(CC(=O)N2CCOCC2)cc1)Nc1ccccc1Cl. The van der Waals surface area contributed by atoms with Crippen LogP contribution in [0.3, 0.4) is 0 Å². The van der Waals surface area contributed by atoms with Gasteiger partial charge in [0.25, 0.3) is 0 Å². The number of ether oxygens (including phenoxy) is 1. The molecule has 2 aromatic rings. The van der Waals surface area contributed by atoms with Crippen LogP contribution in [-0.4, -0.2) is 43.1 Å². The molecule has 3 amide bonds. The number of nitrogens with one attached hydrogen (secondary N) is 2. The predicted octanol–water partition coefficient (Wildman–Crippen LogP) is 3.39. The van der Waals surface area contributed by atoms with Crippen LogP contribution in [0, 0.1) is 0 Å². The van der Waals surface area contributed by atoms with E-state index in [-0.39, 0.29) is 11.9 Å². The van der Waals surface area contributed by atoms with Gasteiger partial charge in [-0.1, -0.05) is 35.9 Å².